The lowest BCUT2D eigenvalue weighted by atomic mass is 10.0. The van der Waals surface area contributed by atoms with E-state index in [0.29, 0.717) is 12.6 Å². The third kappa shape index (κ3) is 3.04. The van der Waals surface area contributed by atoms with Gasteiger partial charge in [-0.3, -0.25) is 0 Å². The number of benzene rings is 2. The van der Waals surface area contributed by atoms with Crippen LogP contribution in [0.25, 0.3) is 10.1 Å². The Labute approximate surface area is 163 Å². The Morgan fingerprint density at radius 1 is 1.23 bits per heavy atom. The van der Waals surface area contributed by atoms with Gasteiger partial charge in [0.2, 0.25) is 0 Å². The molecule has 2 N–H and O–H groups in total. The van der Waals surface area contributed by atoms with Crippen molar-refractivity contribution in [2.45, 2.75) is 25.4 Å². The van der Waals surface area contributed by atoms with Crippen molar-refractivity contribution >= 4 is 33.0 Å². The maximum atomic E-state index is 6.38. The van der Waals surface area contributed by atoms with Crippen molar-refractivity contribution in [2.75, 3.05) is 14.1 Å². The molecular weight excluding hydrogens is 360 g/mol. The summed E-state index contributed by atoms with van der Waals surface area (Å²) in [6.45, 7) is 0.475. The smallest absolute Gasteiger partial charge is 0.0636 e. The quantitative estimate of drug-likeness (QED) is 0.636. The first kappa shape index (κ1) is 17.6. The lowest BCUT2D eigenvalue weighted by Gasteiger charge is -2.20. The zero-order chi connectivity index (χ0) is 18.3. The van der Waals surface area contributed by atoms with E-state index in [4.69, 9.17) is 17.3 Å². The second-order valence-corrected chi connectivity index (χ2v) is 8.41. The predicted octanol–water partition coefficient (Wildman–Crippen LogP) is 4.96. The Bertz CT molecular complexity index is 1040. The summed E-state index contributed by atoms with van der Waals surface area (Å²) in [6.07, 6.45) is 2.27. The van der Waals surface area contributed by atoms with Crippen LogP contribution < -0.4 is 5.73 Å². The number of halogens is 1. The first-order valence-electron chi connectivity index (χ1n) is 8.79. The number of nitrogens with two attached hydrogens (primary N) is 1. The van der Waals surface area contributed by atoms with Crippen molar-refractivity contribution in [3.63, 3.8) is 0 Å². The Hall–Kier alpha value is -1.83. The van der Waals surface area contributed by atoms with Crippen molar-refractivity contribution in [2.24, 2.45) is 5.73 Å². The molecule has 1 aromatic heterocycles. The molecule has 0 bridgehead atoms. The SMILES string of the molecule is CN(C)C1CCc2c(C#Cc3ccc4c(Cl)c(CN)sc4c3)cccc21. The van der Waals surface area contributed by atoms with Gasteiger partial charge in [0.15, 0.2) is 0 Å². The Balaban J connectivity index is 1.70. The van der Waals surface area contributed by atoms with Crippen LogP contribution in [0, 0.1) is 11.8 Å². The first-order valence-corrected chi connectivity index (χ1v) is 9.99. The predicted molar refractivity (Wildman–Crippen MR) is 112 cm³/mol. The van der Waals surface area contributed by atoms with Gasteiger partial charge in [0.25, 0.3) is 0 Å². The molecule has 0 spiro atoms. The standard InChI is InChI=1S/C22H21ClN2S/c1-25(2)19-11-10-16-15(4-3-5-17(16)19)8-6-14-7-9-18-20(12-14)26-21(13-24)22(18)23/h3-5,7,9,12,19H,10-11,13,24H2,1-2H3. The Morgan fingerprint density at radius 2 is 2.08 bits per heavy atom. The molecule has 2 nitrogen and oxygen atoms in total. The van der Waals surface area contributed by atoms with Crippen molar-refractivity contribution in [1.29, 1.82) is 0 Å². The normalized spacial score (nSPS) is 16.0. The summed E-state index contributed by atoms with van der Waals surface area (Å²) in [5.41, 5.74) is 10.8. The summed E-state index contributed by atoms with van der Waals surface area (Å²) in [5, 5.41) is 1.85. The molecular formula is C22H21ClN2S. The summed E-state index contributed by atoms with van der Waals surface area (Å²) < 4.78 is 1.15. The van der Waals surface area contributed by atoms with Crippen molar-refractivity contribution in [1.82, 2.24) is 4.90 Å². The minimum absolute atomic E-state index is 0.475. The van der Waals surface area contributed by atoms with Gasteiger partial charge in [-0.1, -0.05) is 41.6 Å². The molecule has 1 aliphatic rings. The maximum absolute atomic E-state index is 6.38. The minimum atomic E-state index is 0.475. The Morgan fingerprint density at radius 3 is 2.85 bits per heavy atom. The van der Waals surface area contributed by atoms with Gasteiger partial charge in [-0.2, -0.15) is 0 Å². The summed E-state index contributed by atoms with van der Waals surface area (Å²) in [7, 11) is 4.30. The summed E-state index contributed by atoms with van der Waals surface area (Å²) in [6, 6.07) is 13.2. The maximum Gasteiger partial charge on any atom is 0.0636 e. The molecule has 26 heavy (non-hydrogen) atoms. The van der Waals surface area contributed by atoms with E-state index in [0.717, 1.165) is 37.5 Å². The third-order valence-corrected chi connectivity index (χ3v) is 6.80. The van der Waals surface area contributed by atoms with Crippen LogP contribution >= 0.6 is 22.9 Å². The molecule has 132 valence electrons. The van der Waals surface area contributed by atoms with E-state index in [2.05, 4.69) is 61.2 Å². The van der Waals surface area contributed by atoms with E-state index in [1.807, 2.05) is 6.07 Å². The molecule has 2 aromatic carbocycles. The molecule has 0 amide bonds. The van der Waals surface area contributed by atoms with Crippen LogP contribution in [0.1, 0.15) is 39.6 Å². The van der Waals surface area contributed by atoms with Crippen LogP contribution in [0.15, 0.2) is 36.4 Å². The lowest BCUT2D eigenvalue weighted by Crippen LogP contribution is -2.17. The molecule has 0 saturated carbocycles. The highest BCUT2D eigenvalue weighted by atomic mass is 35.5. The van der Waals surface area contributed by atoms with E-state index >= 15 is 0 Å². The lowest BCUT2D eigenvalue weighted by molar-refractivity contribution is 0.299. The molecule has 1 atom stereocenters. The van der Waals surface area contributed by atoms with E-state index in [-0.39, 0.29) is 0 Å². The fourth-order valence-corrected chi connectivity index (χ4v) is 5.18. The zero-order valence-electron chi connectivity index (χ0n) is 15.0. The number of fused-ring (bicyclic) bond motifs is 2. The second-order valence-electron chi connectivity index (χ2n) is 6.90. The Kier molecular flexibility index (Phi) is 4.77. The van der Waals surface area contributed by atoms with Gasteiger partial charge in [-0.25, -0.2) is 0 Å². The molecule has 0 saturated heterocycles. The van der Waals surface area contributed by atoms with Crippen molar-refractivity contribution < 1.29 is 0 Å². The fraction of sp³-hybridized carbons (Fsp3) is 0.273. The van der Waals surface area contributed by atoms with Crippen molar-refractivity contribution in [3.05, 3.63) is 68.6 Å². The van der Waals surface area contributed by atoms with Crippen LogP contribution in [-0.2, 0) is 13.0 Å². The molecule has 4 rings (SSSR count). The molecule has 0 fully saturated rings. The summed E-state index contributed by atoms with van der Waals surface area (Å²) in [5.74, 6) is 6.74. The summed E-state index contributed by atoms with van der Waals surface area (Å²) in [4.78, 5) is 3.33. The van der Waals surface area contributed by atoms with E-state index in [1.165, 1.54) is 17.5 Å². The zero-order valence-corrected chi connectivity index (χ0v) is 16.5. The van der Waals surface area contributed by atoms with Crippen LogP contribution in [0.2, 0.25) is 5.02 Å². The molecule has 1 aliphatic carbocycles. The van der Waals surface area contributed by atoms with Gasteiger partial charge in [0.1, 0.15) is 0 Å². The molecule has 1 heterocycles. The van der Waals surface area contributed by atoms with E-state index < -0.39 is 0 Å². The highest BCUT2D eigenvalue weighted by molar-refractivity contribution is 7.19. The van der Waals surface area contributed by atoms with Gasteiger partial charge in [0, 0.05) is 38.7 Å². The average molecular weight is 381 g/mol. The second kappa shape index (κ2) is 7.06. The van der Waals surface area contributed by atoms with Crippen LogP contribution in [0.5, 0.6) is 0 Å². The number of hydrogen-bond donors (Lipinski definition) is 1. The number of thiophene rings is 1. The number of hydrogen-bond acceptors (Lipinski definition) is 3. The van der Waals surface area contributed by atoms with Crippen molar-refractivity contribution in [3.8, 4) is 11.8 Å². The minimum Gasteiger partial charge on any atom is -0.326 e. The van der Waals surface area contributed by atoms with Gasteiger partial charge < -0.3 is 10.6 Å². The van der Waals surface area contributed by atoms with Gasteiger partial charge in [-0.05, 0) is 56.3 Å². The highest BCUT2D eigenvalue weighted by Crippen LogP contribution is 2.37. The molecule has 0 radical (unpaired) electrons. The van der Waals surface area contributed by atoms with Crippen LogP contribution in [-0.4, -0.2) is 19.0 Å². The number of nitrogens with zero attached hydrogens (tertiary/aromatic N) is 1. The summed E-state index contributed by atoms with van der Waals surface area (Å²) >= 11 is 8.03. The van der Waals surface area contributed by atoms with Gasteiger partial charge >= 0.3 is 0 Å². The van der Waals surface area contributed by atoms with E-state index in [1.54, 1.807) is 11.3 Å². The highest BCUT2D eigenvalue weighted by Gasteiger charge is 2.25. The molecule has 3 aromatic rings. The van der Waals surface area contributed by atoms with Gasteiger partial charge in [0.05, 0.1) is 5.02 Å². The average Bonchev–Trinajstić information content (AvgIpc) is 3.21. The van der Waals surface area contributed by atoms with Crippen LogP contribution in [0.3, 0.4) is 0 Å². The first-order chi connectivity index (χ1) is 12.6. The fourth-order valence-electron chi connectivity index (χ4n) is 3.75. The molecule has 0 aliphatic heterocycles. The van der Waals surface area contributed by atoms with Crippen LogP contribution in [0.4, 0.5) is 0 Å². The van der Waals surface area contributed by atoms with E-state index in [9.17, 15) is 0 Å². The molecule has 1 unspecified atom stereocenters. The number of rotatable bonds is 2. The topological polar surface area (TPSA) is 29.3 Å². The largest absolute Gasteiger partial charge is 0.326 e. The molecule has 4 heteroatoms. The van der Waals surface area contributed by atoms with Gasteiger partial charge in [-0.15, -0.1) is 11.3 Å². The monoisotopic (exact) mass is 380 g/mol. The third-order valence-electron chi connectivity index (χ3n) is 5.09.